The minimum Gasteiger partial charge on any atom is -0.378 e. The summed E-state index contributed by atoms with van der Waals surface area (Å²) >= 11 is 5.22. The highest BCUT2D eigenvalue weighted by Crippen LogP contribution is 2.16. The molecule has 0 bridgehead atoms. The van der Waals surface area contributed by atoms with E-state index in [9.17, 15) is 0 Å². The molecule has 1 aromatic rings. The molecule has 4 heteroatoms. The highest BCUT2D eigenvalue weighted by Gasteiger charge is 2.15. The van der Waals surface area contributed by atoms with Crippen molar-refractivity contribution in [2.24, 2.45) is 0 Å². The van der Waals surface area contributed by atoms with E-state index in [0.29, 0.717) is 10.7 Å². The Balaban J connectivity index is 2.12. The van der Waals surface area contributed by atoms with E-state index in [2.05, 4.69) is 9.97 Å². The van der Waals surface area contributed by atoms with Gasteiger partial charge in [0.25, 0.3) is 0 Å². The second-order valence-corrected chi connectivity index (χ2v) is 4.82. The molecule has 1 aliphatic rings. The van der Waals surface area contributed by atoms with E-state index >= 15 is 0 Å². The molecule has 3 nitrogen and oxygen atoms in total. The second kappa shape index (κ2) is 5.06. The maximum Gasteiger partial charge on any atom is 0.132 e. The van der Waals surface area contributed by atoms with Crippen molar-refractivity contribution in [1.29, 1.82) is 0 Å². The van der Waals surface area contributed by atoms with Gasteiger partial charge in [0.15, 0.2) is 0 Å². The summed E-state index contributed by atoms with van der Waals surface area (Å²) in [6.45, 7) is 4.93. The molecular formula is C12H18N2OS. The van der Waals surface area contributed by atoms with Crippen molar-refractivity contribution in [3.05, 3.63) is 21.7 Å². The minimum atomic E-state index is 0.314. The van der Waals surface area contributed by atoms with Gasteiger partial charge in [0, 0.05) is 24.3 Å². The summed E-state index contributed by atoms with van der Waals surface area (Å²) in [5.41, 5.74) is 2.19. The topological polar surface area (TPSA) is 37.9 Å². The Morgan fingerprint density at radius 3 is 2.88 bits per heavy atom. The third kappa shape index (κ3) is 2.68. The number of nitrogens with one attached hydrogen (secondary N) is 1. The summed E-state index contributed by atoms with van der Waals surface area (Å²) in [5, 5.41) is 0. The SMILES string of the molecule is Cc1[nH]c(CC2CCCCO2)nc(=S)c1C. The van der Waals surface area contributed by atoms with Crippen LogP contribution >= 0.6 is 12.2 Å². The molecule has 0 radical (unpaired) electrons. The zero-order chi connectivity index (χ0) is 11.5. The van der Waals surface area contributed by atoms with Gasteiger partial charge < -0.3 is 9.72 Å². The first kappa shape index (κ1) is 11.7. The van der Waals surface area contributed by atoms with Gasteiger partial charge in [-0.15, -0.1) is 0 Å². The first-order valence-corrected chi connectivity index (χ1v) is 6.25. The average molecular weight is 238 g/mol. The molecular weight excluding hydrogens is 220 g/mol. The van der Waals surface area contributed by atoms with Crippen molar-refractivity contribution in [3.8, 4) is 0 Å². The molecule has 0 aromatic carbocycles. The Labute approximate surface area is 101 Å². The van der Waals surface area contributed by atoms with Gasteiger partial charge in [-0.05, 0) is 33.1 Å². The van der Waals surface area contributed by atoms with E-state index in [1.165, 1.54) is 12.8 Å². The number of nitrogens with zero attached hydrogens (tertiary/aromatic N) is 1. The number of H-pyrrole nitrogens is 1. The molecule has 0 saturated carbocycles. The normalized spacial score (nSPS) is 21.0. The van der Waals surface area contributed by atoms with Gasteiger partial charge in [0.05, 0.1) is 6.10 Å². The predicted octanol–water partition coefficient (Wildman–Crippen LogP) is 2.87. The van der Waals surface area contributed by atoms with Gasteiger partial charge in [-0.2, -0.15) is 0 Å². The zero-order valence-electron chi connectivity index (χ0n) is 9.88. The molecule has 0 aliphatic carbocycles. The summed E-state index contributed by atoms with van der Waals surface area (Å²) in [6.07, 6.45) is 4.75. The largest absolute Gasteiger partial charge is 0.378 e. The van der Waals surface area contributed by atoms with Crippen LogP contribution < -0.4 is 0 Å². The highest BCUT2D eigenvalue weighted by molar-refractivity contribution is 7.71. The van der Waals surface area contributed by atoms with Crippen LogP contribution in [0.15, 0.2) is 0 Å². The number of aryl methyl sites for hydroxylation is 1. The fourth-order valence-corrected chi connectivity index (χ4v) is 2.25. The molecule has 16 heavy (non-hydrogen) atoms. The van der Waals surface area contributed by atoms with Gasteiger partial charge in [0.1, 0.15) is 10.5 Å². The molecule has 1 fully saturated rings. The maximum atomic E-state index is 5.70. The third-order valence-electron chi connectivity index (χ3n) is 3.15. The standard InChI is InChI=1S/C12H18N2OS/c1-8-9(2)13-11(14-12(8)16)7-10-5-3-4-6-15-10/h10H,3-7H2,1-2H3,(H,13,14,16). The molecule has 0 amide bonds. The third-order valence-corrected chi connectivity index (χ3v) is 3.54. The smallest absolute Gasteiger partial charge is 0.132 e. The van der Waals surface area contributed by atoms with E-state index in [4.69, 9.17) is 17.0 Å². The molecule has 88 valence electrons. The van der Waals surface area contributed by atoms with Crippen molar-refractivity contribution in [2.45, 2.75) is 45.6 Å². The summed E-state index contributed by atoms with van der Waals surface area (Å²) < 4.78 is 6.41. The molecule has 1 unspecified atom stereocenters. The van der Waals surface area contributed by atoms with Crippen LogP contribution in [0.2, 0.25) is 0 Å². The summed E-state index contributed by atoms with van der Waals surface area (Å²) in [5.74, 6) is 0.958. The van der Waals surface area contributed by atoms with Crippen LogP contribution in [0.4, 0.5) is 0 Å². The predicted molar refractivity (Wildman–Crippen MR) is 66.2 cm³/mol. The molecule has 1 aliphatic heterocycles. The lowest BCUT2D eigenvalue weighted by molar-refractivity contribution is 0.0156. The first-order valence-electron chi connectivity index (χ1n) is 5.85. The van der Waals surface area contributed by atoms with Gasteiger partial charge in [-0.25, -0.2) is 4.98 Å². The summed E-state index contributed by atoms with van der Waals surface area (Å²) in [6, 6.07) is 0. The number of aromatic amines is 1. The van der Waals surface area contributed by atoms with Gasteiger partial charge >= 0.3 is 0 Å². The van der Waals surface area contributed by atoms with Crippen molar-refractivity contribution >= 4 is 12.2 Å². The van der Waals surface area contributed by atoms with Crippen molar-refractivity contribution < 1.29 is 4.74 Å². The fraction of sp³-hybridized carbons (Fsp3) is 0.667. The Morgan fingerprint density at radius 2 is 2.25 bits per heavy atom. The van der Waals surface area contributed by atoms with Crippen molar-refractivity contribution in [2.75, 3.05) is 6.61 Å². The number of aromatic nitrogens is 2. The second-order valence-electron chi connectivity index (χ2n) is 4.43. The monoisotopic (exact) mass is 238 g/mol. The molecule has 2 heterocycles. The first-order chi connectivity index (χ1) is 7.66. The van der Waals surface area contributed by atoms with Crippen LogP contribution in [-0.4, -0.2) is 22.7 Å². The maximum absolute atomic E-state index is 5.70. The van der Waals surface area contributed by atoms with Crippen LogP contribution in [0.25, 0.3) is 0 Å². The van der Waals surface area contributed by atoms with Crippen molar-refractivity contribution in [1.82, 2.24) is 9.97 Å². The summed E-state index contributed by atoms with van der Waals surface area (Å²) in [4.78, 5) is 7.71. The molecule has 1 N–H and O–H groups in total. The number of hydrogen-bond acceptors (Lipinski definition) is 3. The van der Waals surface area contributed by atoms with E-state index in [1.807, 2.05) is 13.8 Å². The van der Waals surface area contributed by atoms with Gasteiger partial charge in [0.2, 0.25) is 0 Å². The Morgan fingerprint density at radius 1 is 1.44 bits per heavy atom. The Bertz CT molecular complexity index is 422. The van der Waals surface area contributed by atoms with Crippen LogP contribution in [0, 0.1) is 18.5 Å². The quantitative estimate of drug-likeness (QED) is 0.805. The lowest BCUT2D eigenvalue weighted by Crippen LogP contribution is -2.22. The van der Waals surface area contributed by atoms with Crippen LogP contribution in [0.3, 0.4) is 0 Å². The zero-order valence-corrected chi connectivity index (χ0v) is 10.7. The molecule has 1 aromatic heterocycles. The van der Waals surface area contributed by atoms with Crippen LogP contribution in [0.5, 0.6) is 0 Å². The number of rotatable bonds is 2. The van der Waals surface area contributed by atoms with Crippen LogP contribution in [0.1, 0.15) is 36.3 Å². The number of ether oxygens (including phenoxy) is 1. The molecule has 1 saturated heterocycles. The fourth-order valence-electron chi connectivity index (χ4n) is 1.99. The molecule has 1 atom stereocenters. The van der Waals surface area contributed by atoms with E-state index in [1.54, 1.807) is 0 Å². The molecule has 0 spiro atoms. The van der Waals surface area contributed by atoms with E-state index < -0.39 is 0 Å². The van der Waals surface area contributed by atoms with Gasteiger partial charge in [-0.3, -0.25) is 0 Å². The Kier molecular flexibility index (Phi) is 3.71. The Hall–Kier alpha value is -0.740. The summed E-state index contributed by atoms with van der Waals surface area (Å²) in [7, 11) is 0. The highest BCUT2D eigenvalue weighted by atomic mass is 32.1. The lowest BCUT2D eigenvalue weighted by atomic mass is 10.1. The van der Waals surface area contributed by atoms with Crippen molar-refractivity contribution in [3.63, 3.8) is 0 Å². The lowest BCUT2D eigenvalue weighted by Gasteiger charge is -2.22. The number of hydrogen-bond donors (Lipinski definition) is 1. The van der Waals surface area contributed by atoms with E-state index in [-0.39, 0.29) is 0 Å². The average Bonchev–Trinajstić information content (AvgIpc) is 2.27. The minimum absolute atomic E-state index is 0.314. The van der Waals surface area contributed by atoms with Crippen LogP contribution in [-0.2, 0) is 11.2 Å². The molecule has 2 rings (SSSR count). The van der Waals surface area contributed by atoms with E-state index in [0.717, 1.165) is 36.5 Å². The van der Waals surface area contributed by atoms with Gasteiger partial charge in [-0.1, -0.05) is 12.2 Å².